The van der Waals surface area contributed by atoms with Gasteiger partial charge >= 0.3 is 0 Å². The average molecular weight is 195 g/mol. The highest BCUT2D eigenvalue weighted by molar-refractivity contribution is 5.23. The van der Waals surface area contributed by atoms with Crippen molar-refractivity contribution in [1.82, 2.24) is 5.32 Å². The maximum atomic E-state index is 13.0. The highest BCUT2D eigenvalue weighted by atomic mass is 19.1. The van der Waals surface area contributed by atoms with Crippen molar-refractivity contribution in [2.24, 2.45) is 0 Å². The van der Waals surface area contributed by atoms with Gasteiger partial charge in [0.05, 0.1) is 19.3 Å². The molecule has 1 aromatic rings. The van der Waals surface area contributed by atoms with E-state index in [0.29, 0.717) is 12.6 Å². The molecule has 1 fully saturated rings. The van der Waals surface area contributed by atoms with Crippen LogP contribution in [0.2, 0.25) is 0 Å². The summed E-state index contributed by atoms with van der Waals surface area (Å²) >= 11 is 0. The fraction of sp³-hybridized carbons (Fsp3) is 0.455. The molecule has 1 N–H and O–H groups in total. The number of nitrogens with one attached hydrogen (secondary N) is 1. The molecule has 76 valence electrons. The van der Waals surface area contributed by atoms with Crippen molar-refractivity contribution in [3.05, 3.63) is 35.1 Å². The van der Waals surface area contributed by atoms with Gasteiger partial charge in [-0.2, -0.15) is 0 Å². The molecule has 0 spiro atoms. The zero-order valence-corrected chi connectivity index (χ0v) is 8.22. The summed E-state index contributed by atoms with van der Waals surface area (Å²) in [5, 5.41) is 3.30. The van der Waals surface area contributed by atoms with E-state index in [-0.39, 0.29) is 5.82 Å². The maximum Gasteiger partial charge on any atom is 0.123 e. The monoisotopic (exact) mass is 195 g/mol. The Morgan fingerprint density at radius 1 is 1.43 bits per heavy atom. The lowest BCUT2D eigenvalue weighted by molar-refractivity contribution is -0.00579. The van der Waals surface area contributed by atoms with Crippen LogP contribution < -0.4 is 5.32 Å². The lowest BCUT2D eigenvalue weighted by Gasteiger charge is -2.27. The summed E-state index contributed by atoms with van der Waals surface area (Å²) in [6.07, 6.45) is 0. The van der Waals surface area contributed by atoms with Gasteiger partial charge in [-0.05, 0) is 30.2 Å². The first-order chi connectivity index (χ1) is 6.74. The van der Waals surface area contributed by atoms with Crippen LogP contribution in [0, 0.1) is 12.7 Å². The molecule has 0 aromatic heterocycles. The fourth-order valence-corrected chi connectivity index (χ4v) is 1.53. The molecule has 0 aliphatic carbocycles. The molecule has 2 nitrogen and oxygen atoms in total. The summed E-state index contributed by atoms with van der Waals surface area (Å²) < 4.78 is 18.0. The van der Waals surface area contributed by atoms with E-state index in [2.05, 4.69) is 5.32 Å². The van der Waals surface area contributed by atoms with Crippen LogP contribution >= 0.6 is 0 Å². The van der Waals surface area contributed by atoms with Gasteiger partial charge in [0.1, 0.15) is 5.82 Å². The van der Waals surface area contributed by atoms with Crippen LogP contribution in [0.25, 0.3) is 0 Å². The second kappa shape index (κ2) is 4.07. The van der Waals surface area contributed by atoms with Crippen LogP contribution in [0.1, 0.15) is 11.1 Å². The number of hydrogen-bond acceptors (Lipinski definition) is 2. The summed E-state index contributed by atoms with van der Waals surface area (Å²) in [5.41, 5.74) is 1.96. The second-order valence-corrected chi connectivity index (χ2v) is 3.75. The van der Waals surface area contributed by atoms with Crippen molar-refractivity contribution in [1.29, 1.82) is 0 Å². The van der Waals surface area contributed by atoms with Crippen molar-refractivity contribution in [3.63, 3.8) is 0 Å². The summed E-state index contributed by atoms with van der Waals surface area (Å²) in [7, 11) is 0. The third-order valence-corrected chi connectivity index (χ3v) is 2.33. The normalized spacial score (nSPS) is 16.7. The summed E-state index contributed by atoms with van der Waals surface area (Å²) in [5.74, 6) is -0.161. The van der Waals surface area contributed by atoms with E-state index in [0.717, 1.165) is 24.3 Å². The quantitative estimate of drug-likeness (QED) is 0.791. The van der Waals surface area contributed by atoms with E-state index in [1.807, 2.05) is 13.0 Å². The first-order valence-electron chi connectivity index (χ1n) is 4.81. The van der Waals surface area contributed by atoms with Crippen molar-refractivity contribution >= 4 is 0 Å². The Labute approximate surface area is 83.1 Å². The summed E-state index contributed by atoms with van der Waals surface area (Å²) in [6.45, 7) is 4.16. The van der Waals surface area contributed by atoms with E-state index in [1.165, 1.54) is 6.07 Å². The van der Waals surface area contributed by atoms with Crippen LogP contribution in [0.4, 0.5) is 4.39 Å². The standard InChI is InChI=1S/C11H14FNO/c1-8-2-9(4-10(12)3-8)5-13-11-6-14-7-11/h2-4,11,13H,5-7H2,1H3. The zero-order valence-electron chi connectivity index (χ0n) is 8.22. The molecule has 3 heteroatoms. The Kier molecular flexibility index (Phi) is 2.79. The predicted octanol–water partition coefficient (Wildman–Crippen LogP) is 1.62. The molecule has 1 aliphatic rings. The molecule has 0 saturated carbocycles. The number of hydrogen-bond donors (Lipinski definition) is 1. The first-order valence-corrected chi connectivity index (χ1v) is 4.81. The van der Waals surface area contributed by atoms with Gasteiger partial charge in [0.2, 0.25) is 0 Å². The third kappa shape index (κ3) is 2.30. The molecule has 1 aromatic carbocycles. The Balaban J connectivity index is 1.94. The number of ether oxygens (including phenoxy) is 1. The van der Waals surface area contributed by atoms with Gasteiger partial charge in [-0.1, -0.05) is 6.07 Å². The number of benzene rings is 1. The second-order valence-electron chi connectivity index (χ2n) is 3.75. The number of aryl methyl sites for hydroxylation is 1. The van der Waals surface area contributed by atoms with Crippen molar-refractivity contribution in [2.45, 2.75) is 19.5 Å². The Morgan fingerprint density at radius 2 is 2.21 bits per heavy atom. The average Bonchev–Trinajstić information content (AvgIpc) is 1.99. The molecule has 0 bridgehead atoms. The van der Waals surface area contributed by atoms with E-state index < -0.39 is 0 Å². The van der Waals surface area contributed by atoms with Gasteiger partial charge in [0.15, 0.2) is 0 Å². The number of halogens is 1. The summed E-state index contributed by atoms with van der Waals surface area (Å²) in [4.78, 5) is 0. The topological polar surface area (TPSA) is 21.3 Å². The predicted molar refractivity (Wildman–Crippen MR) is 52.6 cm³/mol. The Bertz CT molecular complexity index is 303. The Hall–Kier alpha value is -0.930. The van der Waals surface area contributed by atoms with Gasteiger partial charge in [0.25, 0.3) is 0 Å². The molecule has 2 rings (SSSR count). The molecule has 1 saturated heterocycles. The van der Waals surface area contributed by atoms with Gasteiger partial charge in [-0.15, -0.1) is 0 Å². The maximum absolute atomic E-state index is 13.0. The van der Waals surface area contributed by atoms with Gasteiger partial charge in [-0.25, -0.2) is 4.39 Å². The largest absolute Gasteiger partial charge is 0.378 e. The molecule has 1 heterocycles. The molecule has 0 amide bonds. The fourth-order valence-electron chi connectivity index (χ4n) is 1.53. The molecule has 0 unspecified atom stereocenters. The Morgan fingerprint density at radius 3 is 2.79 bits per heavy atom. The van der Waals surface area contributed by atoms with Crippen molar-refractivity contribution < 1.29 is 9.13 Å². The van der Waals surface area contributed by atoms with E-state index in [9.17, 15) is 4.39 Å². The lowest BCUT2D eigenvalue weighted by atomic mass is 10.1. The molecule has 0 atom stereocenters. The van der Waals surface area contributed by atoms with E-state index >= 15 is 0 Å². The van der Waals surface area contributed by atoms with Crippen molar-refractivity contribution in [2.75, 3.05) is 13.2 Å². The van der Waals surface area contributed by atoms with Crippen LogP contribution in [0.5, 0.6) is 0 Å². The van der Waals surface area contributed by atoms with Crippen LogP contribution in [0.15, 0.2) is 18.2 Å². The highest BCUT2D eigenvalue weighted by Crippen LogP contribution is 2.09. The SMILES string of the molecule is Cc1cc(F)cc(CNC2COC2)c1. The molecular weight excluding hydrogens is 181 g/mol. The highest BCUT2D eigenvalue weighted by Gasteiger charge is 2.16. The van der Waals surface area contributed by atoms with Gasteiger partial charge in [0, 0.05) is 6.54 Å². The van der Waals surface area contributed by atoms with Crippen LogP contribution in [0.3, 0.4) is 0 Å². The van der Waals surface area contributed by atoms with Crippen LogP contribution in [-0.4, -0.2) is 19.3 Å². The van der Waals surface area contributed by atoms with Gasteiger partial charge in [-0.3, -0.25) is 0 Å². The molecular formula is C11H14FNO. The zero-order chi connectivity index (χ0) is 9.97. The minimum absolute atomic E-state index is 0.161. The van der Waals surface area contributed by atoms with E-state index in [1.54, 1.807) is 6.07 Å². The summed E-state index contributed by atoms with van der Waals surface area (Å²) in [6, 6.07) is 5.55. The smallest absolute Gasteiger partial charge is 0.123 e. The minimum atomic E-state index is -0.161. The molecule has 1 aliphatic heterocycles. The first kappa shape index (κ1) is 9.62. The van der Waals surface area contributed by atoms with Crippen molar-refractivity contribution in [3.8, 4) is 0 Å². The van der Waals surface area contributed by atoms with Crippen LogP contribution in [-0.2, 0) is 11.3 Å². The lowest BCUT2D eigenvalue weighted by Crippen LogP contribution is -2.45. The van der Waals surface area contributed by atoms with E-state index in [4.69, 9.17) is 4.74 Å². The van der Waals surface area contributed by atoms with Gasteiger partial charge < -0.3 is 10.1 Å². The number of rotatable bonds is 3. The molecule has 14 heavy (non-hydrogen) atoms. The molecule has 0 radical (unpaired) electrons. The third-order valence-electron chi connectivity index (χ3n) is 2.33. The minimum Gasteiger partial charge on any atom is -0.378 e.